The topological polar surface area (TPSA) is 59.1 Å². The van der Waals surface area contributed by atoms with E-state index in [1.165, 1.54) is 12.8 Å². The highest BCUT2D eigenvalue weighted by Crippen LogP contribution is 2.39. The van der Waals surface area contributed by atoms with Crippen LogP contribution in [0.4, 0.5) is 11.6 Å². The predicted octanol–water partition coefficient (Wildman–Crippen LogP) is 2.69. The minimum Gasteiger partial charge on any atom is -0.379 e. The molecule has 20 heavy (non-hydrogen) atoms. The summed E-state index contributed by atoms with van der Waals surface area (Å²) in [4.78, 5) is 9.44. The van der Waals surface area contributed by atoms with Crippen LogP contribution in [0.15, 0.2) is 0 Å². The molecular weight excluding hydrogens is 252 g/mol. The molecule has 1 saturated heterocycles. The van der Waals surface area contributed by atoms with Gasteiger partial charge in [0.1, 0.15) is 17.5 Å². The lowest BCUT2D eigenvalue weighted by Gasteiger charge is -2.25. The maximum absolute atomic E-state index is 5.54. The summed E-state index contributed by atoms with van der Waals surface area (Å²) in [6.07, 6.45) is 4.72. The van der Waals surface area contributed by atoms with Gasteiger partial charge in [-0.3, -0.25) is 0 Å². The van der Waals surface area contributed by atoms with Gasteiger partial charge in [-0.25, -0.2) is 9.97 Å². The molecule has 0 amide bonds. The van der Waals surface area contributed by atoms with Crippen LogP contribution in [0.25, 0.3) is 0 Å². The van der Waals surface area contributed by atoms with Crippen LogP contribution in [0.1, 0.15) is 49.9 Å². The van der Waals surface area contributed by atoms with Crippen molar-refractivity contribution < 1.29 is 4.74 Å². The Balaban J connectivity index is 1.82. The van der Waals surface area contributed by atoms with E-state index in [-0.39, 0.29) is 0 Å². The number of ether oxygens (including phenoxy) is 1. The van der Waals surface area contributed by atoms with E-state index in [0.717, 1.165) is 55.6 Å². The van der Waals surface area contributed by atoms with Crippen LogP contribution in [0, 0.1) is 6.92 Å². The minimum absolute atomic E-state index is 0.374. The van der Waals surface area contributed by atoms with Crippen molar-refractivity contribution in [2.24, 2.45) is 0 Å². The van der Waals surface area contributed by atoms with Crippen molar-refractivity contribution in [1.29, 1.82) is 0 Å². The van der Waals surface area contributed by atoms with Gasteiger partial charge in [0, 0.05) is 24.6 Å². The molecule has 2 fully saturated rings. The molecule has 1 aliphatic carbocycles. The van der Waals surface area contributed by atoms with Gasteiger partial charge in [-0.15, -0.1) is 0 Å². The van der Waals surface area contributed by atoms with E-state index in [4.69, 9.17) is 9.72 Å². The number of anilines is 2. The van der Waals surface area contributed by atoms with Crippen LogP contribution in [0.5, 0.6) is 0 Å². The number of nitrogens with zero attached hydrogens (tertiary/aromatic N) is 2. The first-order valence-electron chi connectivity index (χ1n) is 7.74. The van der Waals surface area contributed by atoms with Crippen molar-refractivity contribution in [1.82, 2.24) is 9.97 Å². The van der Waals surface area contributed by atoms with Crippen LogP contribution in [0.2, 0.25) is 0 Å². The summed E-state index contributed by atoms with van der Waals surface area (Å²) < 4.78 is 5.54. The number of nitrogens with one attached hydrogen (secondary N) is 2. The van der Waals surface area contributed by atoms with E-state index in [9.17, 15) is 0 Å². The van der Waals surface area contributed by atoms with Gasteiger partial charge in [0.2, 0.25) is 0 Å². The van der Waals surface area contributed by atoms with Crippen LogP contribution in [0.3, 0.4) is 0 Å². The first-order chi connectivity index (χ1) is 9.78. The van der Waals surface area contributed by atoms with Crippen LogP contribution >= 0.6 is 0 Å². The third-order valence-corrected chi connectivity index (χ3v) is 3.95. The molecule has 0 aromatic carbocycles. The summed E-state index contributed by atoms with van der Waals surface area (Å²) in [6.45, 7) is 6.73. The molecule has 2 aliphatic rings. The third kappa shape index (κ3) is 3.03. The van der Waals surface area contributed by atoms with Crippen molar-refractivity contribution in [3.63, 3.8) is 0 Å². The van der Waals surface area contributed by atoms with Crippen molar-refractivity contribution in [3.05, 3.63) is 11.4 Å². The Morgan fingerprint density at radius 3 is 2.65 bits per heavy atom. The van der Waals surface area contributed by atoms with Gasteiger partial charge in [0.15, 0.2) is 0 Å². The normalized spacial score (nSPS) is 22.6. The van der Waals surface area contributed by atoms with Crippen LogP contribution < -0.4 is 10.6 Å². The van der Waals surface area contributed by atoms with Gasteiger partial charge < -0.3 is 15.4 Å². The molecule has 1 unspecified atom stereocenters. The van der Waals surface area contributed by atoms with Crippen molar-refractivity contribution >= 4 is 11.6 Å². The van der Waals surface area contributed by atoms with E-state index >= 15 is 0 Å². The average molecular weight is 276 g/mol. The lowest BCUT2D eigenvalue weighted by atomic mass is 10.1. The molecule has 1 aliphatic heterocycles. The number of hydrogen-bond donors (Lipinski definition) is 2. The van der Waals surface area contributed by atoms with E-state index in [1.807, 2.05) is 0 Å². The summed E-state index contributed by atoms with van der Waals surface area (Å²) in [7, 11) is 0. The Morgan fingerprint density at radius 1 is 1.20 bits per heavy atom. The standard InChI is InChI=1S/C15H24N4O/c1-3-16-13-10(2)14(17-12-5-4-8-20-9-12)19-15(18-13)11-6-7-11/h11-12H,3-9H2,1-2H3,(H2,16,17,18,19). The van der Waals surface area contributed by atoms with Gasteiger partial charge in [-0.2, -0.15) is 0 Å². The summed E-state index contributed by atoms with van der Waals surface area (Å²) in [5.41, 5.74) is 1.11. The Bertz CT molecular complexity index is 467. The zero-order valence-electron chi connectivity index (χ0n) is 12.4. The second-order valence-corrected chi connectivity index (χ2v) is 5.77. The van der Waals surface area contributed by atoms with Crippen LogP contribution in [-0.4, -0.2) is 35.8 Å². The highest BCUT2D eigenvalue weighted by atomic mass is 16.5. The smallest absolute Gasteiger partial charge is 0.136 e. The van der Waals surface area contributed by atoms with Gasteiger partial charge in [0.05, 0.1) is 12.6 Å². The van der Waals surface area contributed by atoms with Crippen LogP contribution in [-0.2, 0) is 4.74 Å². The molecule has 1 aromatic rings. The highest BCUT2D eigenvalue weighted by molar-refractivity contribution is 5.58. The summed E-state index contributed by atoms with van der Waals surface area (Å²) in [5.74, 6) is 3.51. The summed E-state index contributed by atoms with van der Waals surface area (Å²) in [5, 5.41) is 6.91. The quantitative estimate of drug-likeness (QED) is 0.866. The van der Waals surface area contributed by atoms with Gasteiger partial charge in [0.25, 0.3) is 0 Å². The van der Waals surface area contributed by atoms with E-state index in [0.29, 0.717) is 12.0 Å². The van der Waals surface area contributed by atoms with E-state index in [1.54, 1.807) is 0 Å². The molecular formula is C15H24N4O. The molecule has 2 N–H and O–H groups in total. The molecule has 3 rings (SSSR count). The average Bonchev–Trinajstić information content (AvgIpc) is 3.29. The molecule has 1 aromatic heterocycles. The molecule has 2 heterocycles. The molecule has 0 spiro atoms. The van der Waals surface area contributed by atoms with E-state index in [2.05, 4.69) is 29.5 Å². The third-order valence-electron chi connectivity index (χ3n) is 3.95. The molecule has 1 saturated carbocycles. The highest BCUT2D eigenvalue weighted by Gasteiger charge is 2.28. The molecule has 0 radical (unpaired) electrons. The summed E-state index contributed by atoms with van der Waals surface area (Å²) in [6, 6.07) is 0.374. The van der Waals surface area contributed by atoms with Crippen molar-refractivity contribution in [2.75, 3.05) is 30.4 Å². The molecule has 5 heteroatoms. The molecule has 5 nitrogen and oxygen atoms in total. The van der Waals surface area contributed by atoms with Crippen molar-refractivity contribution in [3.8, 4) is 0 Å². The minimum atomic E-state index is 0.374. The number of aromatic nitrogens is 2. The first kappa shape index (κ1) is 13.6. The second-order valence-electron chi connectivity index (χ2n) is 5.77. The maximum Gasteiger partial charge on any atom is 0.136 e. The lowest BCUT2D eigenvalue weighted by molar-refractivity contribution is 0.0875. The maximum atomic E-state index is 5.54. The zero-order chi connectivity index (χ0) is 13.9. The fourth-order valence-electron chi connectivity index (χ4n) is 2.59. The number of rotatable bonds is 5. The fourth-order valence-corrected chi connectivity index (χ4v) is 2.59. The Kier molecular flexibility index (Phi) is 4.05. The second kappa shape index (κ2) is 5.95. The largest absolute Gasteiger partial charge is 0.379 e. The zero-order valence-corrected chi connectivity index (χ0v) is 12.4. The van der Waals surface area contributed by atoms with Gasteiger partial charge in [-0.05, 0) is 39.5 Å². The summed E-state index contributed by atoms with van der Waals surface area (Å²) >= 11 is 0. The number of hydrogen-bond acceptors (Lipinski definition) is 5. The Labute approximate surface area is 120 Å². The fraction of sp³-hybridized carbons (Fsp3) is 0.733. The predicted molar refractivity (Wildman–Crippen MR) is 80.4 cm³/mol. The van der Waals surface area contributed by atoms with E-state index < -0.39 is 0 Å². The SMILES string of the molecule is CCNc1nc(C2CC2)nc(NC2CCCOC2)c1C. The molecule has 0 bridgehead atoms. The monoisotopic (exact) mass is 276 g/mol. The molecule has 1 atom stereocenters. The van der Waals surface area contributed by atoms with Gasteiger partial charge >= 0.3 is 0 Å². The first-order valence-corrected chi connectivity index (χ1v) is 7.74. The van der Waals surface area contributed by atoms with Gasteiger partial charge in [-0.1, -0.05) is 0 Å². The molecule has 110 valence electrons. The van der Waals surface area contributed by atoms with Crippen molar-refractivity contribution in [2.45, 2.75) is 51.5 Å². The Morgan fingerprint density at radius 2 is 2.00 bits per heavy atom. The Hall–Kier alpha value is -1.36. The lowest BCUT2D eigenvalue weighted by Crippen LogP contribution is -2.31.